The Morgan fingerprint density at radius 2 is 1.84 bits per heavy atom. The highest BCUT2D eigenvalue weighted by Crippen LogP contribution is 2.37. The lowest BCUT2D eigenvalue weighted by Gasteiger charge is -2.31. The number of ether oxygens (including phenoxy) is 1. The van der Waals surface area contributed by atoms with Crippen LogP contribution in [0.3, 0.4) is 0 Å². The van der Waals surface area contributed by atoms with Crippen LogP contribution in [0, 0.1) is 11.8 Å². The average molecular weight is 505 g/mol. The third kappa shape index (κ3) is 5.29. The van der Waals surface area contributed by atoms with Gasteiger partial charge in [-0.25, -0.2) is 0 Å². The van der Waals surface area contributed by atoms with Crippen LogP contribution < -0.4 is 10.6 Å². The van der Waals surface area contributed by atoms with E-state index in [1.165, 1.54) is 12.1 Å². The number of ketones is 1. The van der Waals surface area contributed by atoms with Crippen molar-refractivity contribution in [3.63, 3.8) is 0 Å². The molecule has 0 unspecified atom stereocenters. The number of carbonyl (C=O) groups excluding carboxylic acids is 1. The summed E-state index contributed by atoms with van der Waals surface area (Å²) in [6.45, 7) is 1.46. The van der Waals surface area contributed by atoms with Crippen molar-refractivity contribution in [2.24, 2.45) is 0 Å². The van der Waals surface area contributed by atoms with Crippen molar-refractivity contribution in [2.75, 3.05) is 36.9 Å². The average Bonchev–Trinajstić information content (AvgIpc) is 3.28. The maximum atomic E-state index is 13.9. The monoisotopic (exact) mass is 504 g/mol. The number of anilines is 2. The lowest BCUT2D eigenvalue weighted by atomic mass is 9.98. The molecular formula is C28H23F3N4O2. The number of halogens is 3. The standard InChI is InChI=1S/C28H23F3N4O2/c29-28(30,31)22-17-21(9-10-24(22)35-11-13-37-14-12-35)25(36)16-19-4-1-3-18(15-19)7-8-20-5-2-6-23-26(20)27(32)34-33-23/h1-6,9-10,15,17H,11-14,16H2,(H3,32,33,34). The van der Waals surface area contributed by atoms with Crippen LogP contribution in [0.1, 0.15) is 32.6 Å². The summed E-state index contributed by atoms with van der Waals surface area (Å²) in [5, 5.41) is 7.60. The number of nitrogen functional groups attached to an aromatic ring is 1. The molecule has 0 atom stereocenters. The molecule has 37 heavy (non-hydrogen) atoms. The van der Waals surface area contributed by atoms with E-state index >= 15 is 0 Å². The molecule has 1 aromatic heterocycles. The van der Waals surface area contributed by atoms with Crippen LogP contribution in [0.15, 0.2) is 60.7 Å². The van der Waals surface area contributed by atoms with Gasteiger partial charge in [0, 0.05) is 41.9 Å². The van der Waals surface area contributed by atoms with E-state index in [1.54, 1.807) is 29.2 Å². The van der Waals surface area contributed by atoms with Crippen LogP contribution in [0.5, 0.6) is 0 Å². The third-order valence-electron chi connectivity index (χ3n) is 6.23. The number of nitrogens with one attached hydrogen (secondary N) is 1. The Balaban J connectivity index is 1.38. The van der Waals surface area contributed by atoms with E-state index in [1.807, 2.05) is 18.2 Å². The second-order valence-electron chi connectivity index (χ2n) is 8.72. The summed E-state index contributed by atoms with van der Waals surface area (Å²) < 4.78 is 46.8. The van der Waals surface area contributed by atoms with Crippen molar-refractivity contribution in [1.82, 2.24) is 10.2 Å². The van der Waals surface area contributed by atoms with Crippen LogP contribution in [0.2, 0.25) is 0 Å². The number of benzene rings is 3. The minimum atomic E-state index is -4.58. The first kappa shape index (κ1) is 24.4. The Hall–Kier alpha value is -4.29. The van der Waals surface area contributed by atoms with Crippen LogP contribution >= 0.6 is 0 Å². The summed E-state index contributed by atoms with van der Waals surface area (Å²) >= 11 is 0. The van der Waals surface area contributed by atoms with Crippen LogP contribution in [0.4, 0.5) is 24.7 Å². The van der Waals surface area contributed by atoms with E-state index in [0.717, 1.165) is 17.0 Å². The zero-order chi connectivity index (χ0) is 26.0. The Bertz CT molecular complexity index is 1530. The van der Waals surface area contributed by atoms with Gasteiger partial charge in [0.15, 0.2) is 11.6 Å². The van der Waals surface area contributed by atoms with Gasteiger partial charge in [-0.2, -0.15) is 18.3 Å². The lowest BCUT2D eigenvalue weighted by Crippen LogP contribution is -2.37. The summed E-state index contributed by atoms with van der Waals surface area (Å²) in [5.74, 6) is 6.12. The molecule has 9 heteroatoms. The minimum Gasteiger partial charge on any atom is -0.382 e. The number of aromatic nitrogens is 2. The number of alkyl halides is 3. The maximum absolute atomic E-state index is 13.9. The van der Waals surface area contributed by atoms with Gasteiger partial charge in [0.25, 0.3) is 0 Å². The number of H-pyrrole nitrogens is 1. The molecule has 1 saturated heterocycles. The highest BCUT2D eigenvalue weighted by atomic mass is 19.4. The van der Waals surface area contributed by atoms with Crippen LogP contribution in [-0.2, 0) is 17.3 Å². The third-order valence-corrected chi connectivity index (χ3v) is 6.23. The van der Waals surface area contributed by atoms with Crippen molar-refractivity contribution in [2.45, 2.75) is 12.6 Å². The molecule has 0 bridgehead atoms. The van der Waals surface area contributed by atoms with Crippen molar-refractivity contribution in [1.29, 1.82) is 0 Å². The van der Waals surface area contributed by atoms with E-state index < -0.39 is 17.5 Å². The smallest absolute Gasteiger partial charge is 0.382 e. The fourth-order valence-electron chi connectivity index (χ4n) is 4.40. The number of carbonyl (C=O) groups is 1. The topological polar surface area (TPSA) is 84.2 Å². The Morgan fingerprint density at radius 1 is 1.05 bits per heavy atom. The second-order valence-corrected chi connectivity index (χ2v) is 8.72. The predicted octanol–water partition coefficient (Wildman–Crippen LogP) is 4.83. The summed E-state index contributed by atoms with van der Waals surface area (Å²) in [7, 11) is 0. The van der Waals surface area contributed by atoms with Gasteiger partial charge >= 0.3 is 6.18 Å². The lowest BCUT2D eigenvalue weighted by molar-refractivity contribution is -0.137. The van der Waals surface area contributed by atoms with Gasteiger partial charge in [-0.1, -0.05) is 30.0 Å². The van der Waals surface area contributed by atoms with E-state index in [9.17, 15) is 18.0 Å². The molecule has 3 aromatic carbocycles. The number of hydrogen-bond donors (Lipinski definition) is 2. The van der Waals surface area contributed by atoms with E-state index in [4.69, 9.17) is 10.5 Å². The molecule has 4 aromatic rings. The predicted molar refractivity (Wildman–Crippen MR) is 135 cm³/mol. The molecular weight excluding hydrogens is 481 g/mol. The number of nitrogens with zero attached hydrogens (tertiary/aromatic N) is 2. The number of aromatic amines is 1. The number of fused-ring (bicyclic) bond motifs is 1. The Kier molecular flexibility index (Phi) is 6.59. The first-order valence-corrected chi connectivity index (χ1v) is 11.7. The quantitative estimate of drug-likeness (QED) is 0.307. The van der Waals surface area contributed by atoms with Gasteiger partial charge in [-0.15, -0.1) is 0 Å². The normalized spacial score (nSPS) is 13.9. The summed E-state index contributed by atoms with van der Waals surface area (Å²) in [5.41, 5.74) is 8.03. The van der Waals surface area contributed by atoms with Gasteiger partial charge in [-0.3, -0.25) is 9.89 Å². The fourth-order valence-corrected chi connectivity index (χ4v) is 4.40. The van der Waals surface area contributed by atoms with Crippen LogP contribution in [-0.4, -0.2) is 42.3 Å². The SMILES string of the molecule is Nc1n[nH]c2cccc(C#Cc3cccc(CC(=O)c4ccc(N5CCOCC5)c(C(F)(F)F)c4)c3)c12. The van der Waals surface area contributed by atoms with Crippen molar-refractivity contribution in [3.8, 4) is 11.8 Å². The summed E-state index contributed by atoms with van der Waals surface area (Å²) in [6, 6.07) is 16.4. The van der Waals surface area contributed by atoms with E-state index in [-0.39, 0.29) is 17.7 Å². The van der Waals surface area contributed by atoms with E-state index in [2.05, 4.69) is 22.0 Å². The largest absolute Gasteiger partial charge is 0.418 e. The summed E-state index contributed by atoms with van der Waals surface area (Å²) in [4.78, 5) is 14.6. The molecule has 1 aliphatic rings. The highest BCUT2D eigenvalue weighted by molar-refractivity contribution is 5.98. The number of morpholine rings is 1. The van der Waals surface area contributed by atoms with Gasteiger partial charge in [0.05, 0.1) is 29.7 Å². The Labute approximate surface area is 211 Å². The van der Waals surface area contributed by atoms with Crippen molar-refractivity contribution >= 4 is 28.2 Å². The molecule has 1 aliphatic heterocycles. The Morgan fingerprint density at radius 3 is 2.62 bits per heavy atom. The molecule has 0 amide bonds. The second kappa shape index (κ2) is 9.99. The molecule has 2 heterocycles. The van der Waals surface area contributed by atoms with Gasteiger partial charge < -0.3 is 15.4 Å². The number of hydrogen-bond acceptors (Lipinski definition) is 5. The van der Waals surface area contributed by atoms with Gasteiger partial charge in [0.2, 0.25) is 0 Å². The minimum absolute atomic E-state index is 0.0166. The number of Topliss-reactive ketones (excluding diaryl/α,β-unsaturated/α-hetero) is 1. The van der Waals surface area contributed by atoms with Crippen molar-refractivity contribution < 1.29 is 22.7 Å². The van der Waals surface area contributed by atoms with Gasteiger partial charge in [0.1, 0.15) is 0 Å². The number of rotatable bonds is 4. The molecule has 0 spiro atoms. The number of nitrogens with two attached hydrogens (primary N) is 1. The van der Waals surface area contributed by atoms with Crippen LogP contribution in [0.25, 0.3) is 10.9 Å². The molecule has 1 fully saturated rings. The van der Waals surface area contributed by atoms with Gasteiger partial charge in [-0.05, 0) is 48.0 Å². The molecule has 3 N–H and O–H groups in total. The van der Waals surface area contributed by atoms with Crippen molar-refractivity contribution in [3.05, 3.63) is 88.5 Å². The molecule has 6 nitrogen and oxygen atoms in total. The first-order chi connectivity index (χ1) is 17.8. The zero-order valence-corrected chi connectivity index (χ0v) is 19.7. The molecule has 5 rings (SSSR count). The molecule has 0 radical (unpaired) electrons. The fraction of sp³-hybridized carbons (Fsp3) is 0.214. The molecule has 188 valence electrons. The van der Waals surface area contributed by atoms with E-state index in [0.29, 0.717) is 48.8 Å². The highest BCUT2D eigenvalue weighted by Gasteiger charge is 2.36. The maximum Gasteiger partial charge on any atom is 0.418 e. The zero-order valence-electron chi connectivity index (χ0n) is 19.7. The summed E-state index contributed by atoms with van der Waals surface area (Å²) in [6.07, 6.45) is -4.63. The molecule has 0 saturated carbocycles. The molecule has 0 aliphatic carbocycles. The first-order valence-electron chi connectivity index (χ1n) is 11.7.